The van der Waals surface area contributed by atoms with Crippen LogP contribution < -0.4 is 0 Å². The van der Waals surface area contributed by atoms with Crippen LogP contribution in [0.5, 0.6) is 0 Å². The van der Waals surface area contributed by atoms with E-state index < -0.39 is 11.6 Å². The second-order valence-electron chi connectivity index (χ2n) is 3.62. The van der Waals surface area contributed by atoms with Gasteiger partial charge in [0.2, 0.25) is 0 Å². The van der Waals surface area contributed by atoms with Gasteiger partial charge in [0.1, 0.15) is 11.6 Å². The van der Waals surface area contributed by atoms with E-state index in [-0.39, 0.29) is 0 Å². The van der Waals surface area contributed by atoms with E-state index in [2.05, 4.69) is 5.10 Å². The Morgan fingerprint density at radius 1 is 1.25 bits per heavy atom. The van der Waals surface area contributed by atoms with Crippen molar-refractivity contribution in [2.75, 3.05) is 0 Å². The molecule has 0 saturated carbocycles. The molecule has 0 fully saturated rings. The number of hydrogen-bond donors (Lipinski definition) is 0. The van der Waals surface area contributed by atoms with Crippen LogP contribution in [-0.4, -0.2) is 9.78 Å². The first-order valence-electron chi connectivity index (χ1n) is 4.84. The largest absolute Gasteiger partial charge is 0.258 e. The van der Waals surface area contributed by atoms with Crippen LogP contribution in [0.15, 0.2) is 24.3 Å². The summed E-state index contributed by atoms with van der Waals surface area (Å²) in [7, 11) is 0. The molecule has 2 heterocycles. The van der Waals surface area contributed by atoms with Gasteiger partial charge in [0, 0.05) is 23.1 Å². The van der Waals surface area contributed by atoms with E-state index in [0.717, 1.165) is 23.4 Å². The second-order valence-corrected chi connectivity index (χ2v) is 4.58. The van der Waals surface area contributed by atoms with E-state index in [0.29, 0.717) is 11.3 Å². The number of hydrogen-bond acceptors (Lipinski definition) is 2. The average Bonchev–Trinajstić information content (AvgIpc) is 2.76. The Kier molecular flexibility index (Phi) is 2.21. The summed E-state index contributed by atoms with van der Waals surface area (Å²) in [5.41, 5.74) is 2.02. The number of fused-ring (bicyclic) bond motifs is 1. The van der Waals surface area contributed by atoms with Crippen molar-refractivity contribution in [1.82, 2.24) is 9.78 Å². The van der Waals surface area contributed by atoms with Gasteiger partial charge in [-0.05, 0) is 18.2 Å². The van der Waals surface area contributed by atoms with E-state index in [1.165, 1.54) is 12.1 Å². The molecular formula is C11H8F2N2S. The molecule has 0 aliphatic carbocycles. The van der Waals surface area contributed by atoms with Crippen LogP contribution in [-0.2, 0) is 11.6 Å². The number of benzene rings is 1. The molecule has 2 aromatic rings. The zero-order chi connectivity index (χ0) is 11.1. The fraction of sp³-hybridized carbons (Fsp3) is 0.182. The van der Waals surface area contributed by atoms with Crippen LogP contribution in [0.3, 0.4) is 0 Å². The molecule has 0 bridgehead atoms. The van der Waals surface area contributed by atoms with Gasteiger partial charge in [-0.2, -0.15) is 5.10 Å². The minimum atomic E-state index is -0.566. The molecule has 0 saturated heterocycles. The Morgan fingerprint density at radius 3 is 2.88 bits per heavy atom. The smallest absolute Gasteiger partial charge is 0.135 e. The first-order valence-corrected chi connectivity index (χ1v) is 5.99. The summed E-state index contributed by atoms with van der Waals surface area (Å²) in [6.07, 6.45) is 0. The summed E-state index contributed by atoms with van der Waals surface area (Å²) in [6.45, 7) is 0. The molecule has 82 valence electrons. The number of halogens is 2. The molecule has 1 aromatic carbocycles. The molecule has 0 atom stereocenters. The molecule has 1 aromatic heterocycles. The number of aromatic nitrogens is 2. The highest BCUT2D eigenvalue weighted by molar-refractivity contribution is 7.97. The molecule has 16 heavy (non-hydrogen) atoms. The molecule has 0 unspecified atom stereocenters. The lowest BCUT2D eigenvalue weighted by Crippen LogP contribution is -1.94. The van der Waals surface area contributed by atoms with Crippen molar-refractivity contribution in [2.45, 2.75) is 11.6 Å². The summed E-state index contributed by atoms with van der Waals surface area (Å²) in [6, 6.07) is 5.42. The Morgan fingerprint density at radius 2 is 2.12 bits per heavy atom. The monoisotopic (exact) mass is 238 g/mol. The fourth-order valence-electron chi connectivity index (χ4n) is 1.75. The highest BCUT2D eigenvalue weighted by Crippen LogP contribution is 2.29. The van der Waals surface area contributed by atoms with Gasteiger partial charge in [-0.3, -0.25) is 4.68 Å². The average molecular weight is 238 g/mol. The molecule has 3 rings (SSSR count). The van der Waals surface area contributed by atoms with Crippen LogP contribution in [0.4, 0.5) is 8.78 Å². The molecule has 0 N–H and O–H groups in total. The van der Waals surface area contributed by atoms with Gasteiger partial charge < -0.3 is 0 Å². The Bertz CT molecular complexity index is 529. The molecule has 5 heteroatoms. The first-order chi connectivity index (χ1) is 7.74. The third-order valence-electron chi connectivity index (χ3n) is 2.53. The van der Waals surface area contributed by atoms with Crippen LogP contribution in [0.2, 0.25) is 0 Å². The van der Waals surface area contributed by atoms with Gasteiger partial charge >= 0.3 is 0 Å². The van der Waals surface area contributed by atoms with Crippen molar-refractivity contribution < 1.29 is 8.78 Å². The van der Waals surface area contributed by atoms with Gasteiger partial charge in [-0.25, -0.2) is 8.78 Å². The first kappa shape index (κ1) is 9.84. The minimum Gasteiger partial charge on any atom is -0.258 e. The van der Waals surface area contributed by atoms with Gasteiger partial charge in [0.05, 0.1) is 11.6 Å². The van der Waals surface area contributed by atoms with Gasteiger partial charge in [-0.1, -0.05) is 0 Å². The highest BCUT2D eigenvalue weighted by Gasteiger charge is 2.16. The third-order valence-corrected chi connectivity index (χ3v) is 3.46. The predicted octanol–water partition coefficient (Wildman–Crippen LogP) is 3.03. The molecule has 0 radical (unpaired) electrons. The fourth-order valence-corrected chi connectivity index (χ4v) is 2.68. The summed E-state index contributed by atoms with van der Waals surface area (Å²) in [5, 5.41) is 4.28. The normalized spacial score (nSPS) is 14.1. The van der Waals surface area contributed by atoms with Crippen LogP contribution >= 0.6 is 11.8 Å². The van der Waals surface area contributed by atoms with Crippen molar-refractivity contribution in [3.8, 4) is 11.3 Å². The SMILES string of the molecule is Fc1ccc(-c2cc3n(n2)CSC3)c(F)c1. The van der Waals surface area contributed by atoms with E-state index in [1.807, 2.05) is 10.7 Å². The molecule has 0 amide bonds. The summed E-state index contributed by atoms with van der Waals surface area (Å²) >= 11 is 1.77. The maximum Gasteiger partial charge on any atom is 0.135 e. The second kappa shape index (κ2) is 3.59. The topological polar surface area (TPSA) is 17.8 Å². The quantitative estimate of drug-likeness (QED) is 0.760. The van der Waals surface area contributed by atoms with Gasteiger partial charge in [0.15, 0.2) is 0 Å². The van der Waals surface area contributed by atoms with Gasteiger partial charge in [-0.15, -0.1) is 11.8 Å². The maximum absolute atomic E-state index is 13.5. The van der Waals surface area contributed by atoms with Crippen molar-refractivity contribution in [2.24, 2.45) is 0 Å². The molecule has 0 spiro atoms. The zero-order valence-corrected chi connectivity index (χ0v) is 9.10. The summed E-state index contributed by atoms with van der Waals surface area (Å²) in [5.74, 6) is 0.571. The van der Waals surface area contributed by atoms with E-state index >= 15 is 0 Å². The highest BCUT2D eigenvalue weighted by atomic mass is 32.2. The van der Waals surface area contributed by atoms with E-state index in [9.17, 15) is 8.78 Å². The summed E-state index contributed by atoms with van der Waals surface area (Å²) < 4.78 is 28.1. The number of thioether (sulfide) groups is 1. The van der Waals surface area contributed by atoms with Crippen molar-refractivity contribution in [3.63, 3.8) is 0 Å². The Hall–Kier alpha value is -1.36. The lowest BCUT2D eigenvalue weighted by Gasteiger charge is -1.99. The van der Waals surface area contributed by atoms with Crippen LogP contribution in [0, 0.1) is 11.6 Å². The van der Waals surface area contributed by atoms with Crippen LogP contribution in [0.25, 0.3) is 11.3 Å². The Labute approximate surface area is 95.3 Å². The number of rotatable bonds is 1. The predicted molar refractivity (Wildman–Crippen MR) is 58.9 cm³/mol. The zero-order valence-electron chi connectivity index (χ0n) is 8.28. The third kappa shape index (κ3) is 1.51. The minimum absolute atomic E-state index is 0.355. The maximum atomic E-state index is 13.5. The van der Waals surface area contributed by atoms with Crippen molar-refractivity contribution in [1.29, 1.82) is 0 Å². The Balaban J connectivity index is 2.08. The van der Waals surface area contributed by atoms with E-state index in [4.69, 9.17) is 0 Å². The standard InChI is InChI=1S/C11H8F2N2S/c12-7-1-2-9(10(13)3-7)11-4-8-5-16-6-15(8)14-11/h1-4H,5-6H2. The lowest BCUT2D eigenvalue weighted by molar-refractivity contribution is 0.585. The molecule has 2 nitrogen and oxygen atoms in total. The lowest BCUT2D eigenvalue weighted by atomic mass is 10.1. The molecule has 1 aliphatic rings. The molecule has 1 aliphatic heterocycles. The number of nitrogens with zero attached hydrogens (tertiary/aromatic N) is 2. The van der Waals surface area contributed by atoms with E-state index in [1.54, 1.807) is 11.8 Å². The van der Waals surface area contributed by atoms with Crippen LogP contribution in [0.1, 0.15) is 5.69 Å². The molecular weight excluding hydrogens is 230 g/mol. The van der Waals surface area contributed by atoms with Crippen molar-refractivity contribution >= 4 is 11.8 Å². The van der Waals surface area contributed by atoms with Gasteiger partial charge in [0.25, 0.3) is 0 Å². The summed E-state index contributed by atoms with van der Waals surface area (Å²) in [4.78, 5) is 0. The van der Waals surface area contributed by atoms with Crippen molar-refractivity contribution in [3.05, 3.63) is 41.6 Å².